The minimum atomic E-state index is 0.146. The second kappa shape index (κ2) is 7.39. The summed E-state index contributed by atoms with van der Waals surface area (Å²) >= 11 is 0. The van der Waals surface area contributed by atoms with E-state index in [2.05, 4.69) is 29.1 Å². The lowest BCUT2D eigenvalue weighted by atomic mass is 9.80. The second-order valence-corrected chi connectivity index (χ2v) is 7.72. The first-order valence-electron chi connectivity index (χ1n) is 9.48. The topological polar surface area (TPSA) is 44.8 Å². The first kappa shape index (κ1) is 17.0. The molecule has 2 aliphatic heterocycles. The predicted octanol–water partition coefficient (Wildman–Crippen LogP) is 2.46. The summed E-state index contributed by atoms with van der Waals surface area (Å²) in [5, 5.41) is 3.19. The summed E-state index contributed by atoms with van der Waals surface area (Å²) in [5.74, 6) is 0.739. The van der Waals surface area contributed by atoms with Crippen molar-refractivity contribution >= 4 is 6.03 Å². The molecule has 0 aromatic heterocycles. The summed E-state index contributed by atoms with van der Waals surface area (Å²) in [5.41, 5.74) is 0.146. The first-order valence-corrected chi connectivity index (χ1v) is 9.48. The van der Waals surface area contributed by atoms with E-state index in [-0.39, 0.29) is 11.6 Å². The highest BCUT2D eigenvalue weighted by Crippen LogP contribution is 2.38. The van der Waals surface area contributed by atoms with Gasteiger partial charge in [-0.2, -0.15) is 0 Å². The SMILES string of the molecule is CCOC1CC(CCNC(=O)N2CCCC23CCN(C)CC3)C1. The number of carbonyl (C=O) groups excluding carboxylic acids is 1. The van der Waals surface area contributed by atoms with Gasteiger partial charge in [-0.1, -0.05) is 0 Å². The van der Waals surface area contributed by atoms with Gasteiger partial charge in [0.05, 0.1) is 6.10 Å². The number of rotatable bonds is 5. The Kier molecular flexibility index (Phi) is 5.47. The van der Waals surface area contributed by atoms with Gasteiger partial charge in [0.25, 0.3) is 0 Å². The number of nitrogens with zero attached hydrogens (tertiary/aromatic N) is 2. The molecule has 2 amide bonds. The predicted molar refractivity (Wildman–Crippen MR) is 91.6 cm³/mol. The number of hydrogen-bond acceptors (Lipinski definition) is 3. The molecule has 5 nitrogen and oxygen atoms in total. The van der Waals surface area contributed by atoms with Crippen molar-refractivity contribution < 1.29 is 9.53 Å². The van der Waals surface area contributed by atoms with Crippen molar-refractivity contribution in [1.29, 1.82) is 0 Å². The van der Waals surface area contributed by atoms with Gasteiger partial charge in [0.15, 0.2) is 0 Å². The van der Waals surface area contributed by atoms with E-state index < -0.39 is 0 Å². The standard InChI is InChI=1S/C18H33N3O2/c1-3-23-16-13-15(14-16)5-9-19-17(22)21-10-4-6-18(21)7-11-20(2)12-8-18/h15-16H,3-14H2,1-2H3,(H,19,22). The van der Waals surface area contributed by atoms with Crippen LogP contribution in [0.2, 0.25) is 0 Å². The number of nitrogens with one attached hydrogen (secondary N) is 1. The summed E-state index contributed by atoms with van der Waals surface area (Å²) in [4.78, 5) is 17.2. The number of carbonyl (C=O) groups is 1. The molecule has 1 aliphatic carbocycles. The normalized spacial score (nSPS) is 30.4. The van der Waals surface area contributed by atoms with Crippen LogP contribution in [0, 0.1) is 5.92 Å². The van der Waals surface area contributed by atoms with E-state index in [9.17, 15) is 4.79 Å². The third kappa shape index (κ3) is 3.82. The van der Waals surface area contributed by atoms with Crippen LogP contribution in [0.3, 0.4) is 0 Å². The van der Waals surface area contributed by atoms with Crippen LogP contribution in [0.4, 0.5) is 4.79 Å². The minimum Gasteiger partial charge on any atom is -0.378 e. The highest BCUT2D eigenvalue weighted by molar-refractivity contribution is 5.75. The first-order chi connectivity index (χ1) is 11.1. The molecule has 0 atom stereocenters. The molecule has 5 heteroatoms. The molecule has 3 aliphatic rings. The van der Waals surface area contributed by atoms with Crippen LogP contribution < -0.4 is 5.32 Å². The van der Waals surface area contributed by atoms with E-state index in [4.69, 9.17) is 4.74 Å². The number of ether oxygens (including phenoxy) is 1. The van der Waals surface area contributed by atoms with Crippen molar-refractivity contribution in [2.24, 2.45) is 5.92 Å². The lowest BCUT2D eigenvalue weighted by Crippen LogP contribution is -2.56. The molecule has 23 heavy (non-hydrogen) atoms. The summed E-state index contributed by atoms with van der Waals surface area (Å²) in [6.07, 6.45) is 8.53. The molecule has 132 valence electrons. The zero-order chi connectivity index (χ0) is 16.3. The molecule has 0 unspecified atom stereocenters. The van der Waals surface area contributed by atoms with Crippen molar-refractivity contribution in [1.82, 2.24) is 15.1 Å². The van der Waals surface area contributed by atoms with Gasteiger partial charge in [-0.05, 0) is 64.8 Å². The summed E-state index contributed by atoms with van der Waals surface area (Å²) in [6.45, 7) is 6.86. The van der Waals surface area contributed by atoms with Gasteiger partial charge in [0.2, 0.25) is 0 Å². The number of amides is 2. The van der Waals surface area contributed by atoms with Crippen molar-refractivity contribution in [2.45, 2.75) is 63.5 Å². The van der Waals surface area contributed by atoms with Crippen LogP contribution in [-0.4, -0.2) is 67.3 Å². The van der Waals surface area contributed by atoms with Crippen LogP contribution >= 0.6 is 0 Å². The molecular formula is C18H33N3O2. The Hall–Kier alpha value is -0.810. The Morgan fingerprint density at radius 3 is 2.65 bits per heavy atom. The lowest BCUT2D eigenvalue weighted by Gasteiger charge is -2.44. The number of likely N-dealkylation sites (tertiary alicyclic amines) is 2. The summed E-state index contributed by atoms with van der Waals surface area (Å²) in [6, 6.07) is 0.174. The zero-order valence-corrected chi connectivity index (χ0v) is 14.9. The average molecular weight is 323 g/mol. The molecule has 3 fully saturated rings. The van der Waals surface area contributed by atoms with E-state index in [1.54, 1.807) is 0 Å². The van der Waals surface area contributed by atoms with Gasteiger partial charge in [-0.3, -0.25) is 0 Å². The molecular weight excluding hydrogens is 290 g/mol. The Labute approximate surface area is 140 Å². The number of piperidine rings is 1. The largest absolute Gasteiger partial charge is 0.378 e. The minimum absolute atomic E-state index is 0.146. The maximum atomic E-state index is 12.6. The molecule has 1 N–H and O–H groups in total. The van der Waals surface area contributed by atoms with Gasteiger partial charge in [0, 0.05) is 38.3 Å². The maximum Gasteiger partial charge on any atom is 0.317 e. The third-order valence-corrected chi connectivity index (χ3v) is 6.18. The summed E-state index contributed by atoms with van der Waals surface area (Å²) < 4.78 is 5.60. The van der Waals surface area contributed by atoms with Crippen LogP contribution in [0.5, 0.6) is 0 Å². The molecule has 0 radical (unpaired) electrons. The van der Waals surface area contributed by atoms with Gasteiger partial charge in [0.1, 0.15) is 0 Å². The van der Waals surface area contributed by atoms with E-state index in [1.807, 2.05) is 0 Å². The van der Waals surface area contributed by atoms with Crippen LogP contribution in [0.15, 0.2) is 0 Å². The van der Waals surface area contributed by atoms with E-state index in [1.165, 1.54) is 19.3 Å². The van der Waals surface area contributed by atoms with Crippen molar-refractivity contribution in [3.8, 4) is 0 Å². The average Bonchev–Trinajstić information content (AvgIpc) is 2.91. The second-order valence-electron chi connectivity index (χ2n) is 7.72. The highest BCUT2D eigenvalue weighted by Gasteiger charge is 2.44. The molecule has 3 rings (SSSR count). The fraction of sp³-hybridized carbons (Fsp3) is 0.944. The van der Waals surface area contributed by atoms with Gasteiger partial charge < -0.3 is 19.9 Å². The zero-order valence-electron chi connectivity index (χ0n) is 14.9. The Bertz CT molecular complexity index is 401. The Morgan fingerprint density at radius 1 is 1.22 bits per heavy atom. The van der Waals surface area contributed by atoms with E-state index >= 15 is 0 Å². The van der Waals surface area contributed by atoms with Crippen molar-refractivity contribution in [2.75, 3.05) is 39.8 Å². The smallest absolute Gasteiger partial charge is 0.317 e. The van der Waals surface area contributed by atoms with Gasteiger partial charge >= 0.3 is 6.03 Å². The quantitative estimate of drug-likeness (QED) is 0.845. The number of urea groups is 1. The van der Waals surface area contributed by atoms with E-state index in [0.29, 0.717) is 6.10 Å². The van der Waals surface area contributed by atoms with Gasteiger partial charge in [-0.25, -0.2) is 4.79 Å². The van der Waals surface area contributed by atoms with Crippen molar-refractivity contribution in [3.63, 3.8) is 0 Å². The van der Waals surface area contributed by atoms with Crippen LogP contribution in [0.25, 0.3) is 0 Å². The Morgan fingerprint density at radius 2 is 1.96 bits per heavy atom. The van der Waals surface area contributed by atoms with E-state index in [0.717, 1.165) is 64.4 Å². The lowest BCUT2D eigenvalue weighted by molar-refractivity contribution is -0.0262. The van der Waals surface area contributed by atoms with Gasteiger partial charge in [-0.15, -0.1) is 0 Å². The molecule has 0 aromatic rings. The van der Waals surface area contributed by atoms with Crippen LogP contribution in [0.1, 0.15) is 51.9 Å². The molecule has 0 bridgehead atoms. The molecule has 2 heterocycles. The molecule has 0 aromatic carbocycles. The highest BCUT2D eigenvalue weighted by atomic mass is 16.5. The fourth-order valence-electron chi connectivity index (χ4n) is 4.57. The third-order valence-electron chi connectivity index (χ3n) is 6.18. The number of hydrogen-bond donors (Lipinski definition) is 1. The van der Waals surface area contributed by atoms with Crippen LogP contribution in [-0.2, 0) is 4.74 Å². The maximum absolute atomic E-state index is 12.6. The monoisotopic (exact) mass is 323 g/mol. The molecule has 1 spiro atoms. The molecule has 1 saturated carbocycles. The van der Waals surface area contributed by atoms with Crippen molar-refractivity contribution in [3.05, 3.63) is 0 Å². The Balaban J connectivity index is 1.40. The summed E-state index contributed by atoms with van der Waals surface area (Å²) in [7, 11) is 2.18. The molecule has 2 saturated heterocycles. The fourth-order valence-corrected chi connectivity index (χ4v) is 4.57.